The predicted octanol–water partition coefficient (Wildman–Crippen LogP) is 2.14. The topological polar surface area (TPSA) is 63.5 Å². The number of rotatable bonds is 4. The monoisotopic (exact) mass is 275 g/mol. The quantitative estimate of drug-likeness (QED) is 0.895. The minimum Gasteiger partial charge on any atom is -0.378 e. The van der Waals surface area contributed by atoms with Crippen LogP contribution >= 0.6 is 0 Å². The van der Waals surface area contributed by atoms with Gasteiger partial charge in [0.15, 0.2) is 11.5 Å². The highest BCUT2D eigenvalue weighted by Gasteiger charge is 2.20. The molecular formula is C14H21N5O. The number of ether oxygens (including phenoxy) is 1. The van der Waals surface area contributed by atoms with Crippen molar-refractivity contribution in [1.82, 2.24) is 14.4 Å². The molecule has 1 aliphatic rings. The Morgan fingerprint density at radius 1 is 1.50 bits per heavy atom. The third-order valence-corrected chi connectivity index (χ3v) is 3.56. The predicted molar refractivity (Wildman–Crippen MR) is 79.2 cm³/mol. The van der Waals surface area contributed by atoms with Gasteiger partial charge >= 0.3 is 0 Å². The van der Waals surface area contributed by atoms with Gasteiger partial charge in [-0.3, -0.25) is 0 Å². The zero-order chi connectivity index (χ0) is 13.9. The number of hydrogen-bond acceptors (Lipinski definition) is 5. The van der Waals surface area contributed by atoms with Crippen molar-refractivity contribution in [1.29, 1.82) is 0 Å². The molecule has 3 heterocycles. The van der Waals surface area contributed by atoms with Gasteiger partial charge in [0.05, 0.1) is 12.3 Å². The number of nitrogens with one attached hydrogen (secondary N) is 2. The van der Waals surface area contributed by atoms with Gasteiger partial charge in [0, 0.05) is 31.6 Å². The number of fused-ring (bicyclic) bond motifs is 1. The van der Waals surface area contributed by atoms with Crippen molar-refractivity contribution in [3.63, 3.8) is 0 Å². The Hall–Kier alpha value is -1.82. The lowest BCUT2D eigenvalue weighted by Crippen LogP contribution is -2.33. The van der Waals surface area contributed by atoms with E-state index in [-0.39, 0.29) is 0 Å². The van der Waals surface area contributed by atoms with Gasteiger partial charge in [-0.1, -0.05) is 0 Å². The second-order valence-electron chi connectivity index (χ2n) is 5.21. The molecule has 2 unspecified atom stereocenters. The molecule has 6 heteroatoms. The van der Waals surface area contributed by atoms with Gasteiger partial charge in [0.25, 0.3) is 0 Å². The van der Waals surface area contributed by atoms with E-state index in [1.807, 2.05) is 16.8 Å². The van der Waals surface area contributed by atoms with E-state index in [9.17, 15) is 0 Å². The van der Waals surface area contributed by atoms with E-state index < -0.39 is 0 Å². The first-order valence-electron chi connectivity index (χ1n) is 7.22. The zero-order valence-electron chi connectivity index (χ0n) is 12.0. The van der Waals surface area contributed by atoms with Gasteiger partial charge in [0.2, 0.25) is 0 Å². The molecule has 2 atom stereocenters. The molecule has 6 nitrogen and oxygen atoms in total. The molecule has 0 aliphatic carbocycles. The van der Waals surface area contributed by atoms with Crippen molar-refractivity contribution >= 4 is 17.3 Å². The largest absolute Gasteiger partial charge is 0.378 e. The highest BCUT2D eigenvalue weighted by Crippen LogP contribution is 2.21. The minimum atomic E-state index is 0.300. The molecule has 0 saturated carbocycles. The summed E-state index contributed by atoms with van der Waals surface area (Å²) in [7, 11) is 0. The van der Waals surface area contributed by atoms with Crippen LogP contribution in [-0.2, 0) is 4.74 Å². The second-order valence-corrected chi connectivity index (χ2v) is 5.21. The molecule has 0 spiro atoms. The SMILES string of the molecule is CCNc1cn2ccnc2c(NC2CCOC(C)C2)n1. The van der Waals surface area contributed by atoms with Crippen LogP contribution in [0.4, 0.5) is 11.6 Å². The van der Waals surface area contributed by atoms with Crippen LogP contribution in [0, 0.1) is 0 Å². The van der Waals surface area contributed by atoms with Crippen LogP contribution in [-0.4, -0.2) is 39.7 Å². The standard InChI is InChI=1S/C14H21N5O/c1-3-15-12-9-19-6-5-16-14(19)13(18-12)17-11-4-7-20-10(2)8-11/h5-6,9-11,15H,3-4,7-8H2,1-2H3,(H,17,18). The van der Waals surface area contributed by atoms with Crippen molar-refractivity contribution in [2.45, 2.75) is 38.8 Å². The van der Waals surface area contributed by atoms with Crippen LogP contribution in [0.1, 0.15) is 26.7 Å². The lowest BCUT2D eigenvalue weighted by molar-refractivity contribution is 0.0232. The summed E-state index contributed by atoms with van der Waals surface area (Å²) >= 11 is 0. The van der Waals surface area contributed by atoms with Crippen LogP contribution in [0.15, 0.2) is 18.6 Å². The normalized spacial score (nSPS) is 22.9. The van der Waals surface area contributed by atoms with E-state index in [2.05, 4.69) is 34.4 Å². The van der Waals surface area contributed by atoms with Crippen molar-refractivity contribution in [2.24, 2.45) is 0 Å². The average molecular weight is 275 g/mol. The smallest absolute Gasteiger partial charge is 0.180 e. The molecule has 0 radical (unpaired) electrons. The Kier molecular flexibility index (Phi) is 3.73. The summed E-state index contributed by atoms with van der Waals surface area (Å²) in [5.74, 6) is 1.70. The molecule has 108 valence electrons. The lowest BCUT2D eigenvalue weighted by Gasteiger charge is -2.28. The molecule has 2 aromatic heterocycles. The van der Waals surface area contributed by atoms with Gasteiger partial charge in [-0.05, 0) is 26.7 Å². The minimum absolute atomic E-state index is 0.300. The van der Waals surface area contributed by atoms with Gasteiger partial charge in [-0.2, -0.15) is 0 Å². The second kappa shape index (κ2) is 5.66. The summed E-state index contributed by atoms with van der Waals surface area (Å²) in [5, 5.41) is 6.78. The van der Waals surface area contributed by atoms with Crippen LogP contribution in [0.5, 0.6) is 0 Å². The molecule has 1 fully saturated rings. The summed E-state index contributed by atoms with van der Waals surface area (Å²) in [6, 6.07) is 0.392. The highest BCUT2D eigenvalue weighted by molar-refractivity contribution is 5.65. The average Bonchev–Trinajstić information content (AvgIpc) is 2.87. The number of imidazole rings is 1. The lowest BCUT2D eigenvalue weighted by atomic mass is 10.0. The molecule has 2 aromatic rings. The number of anilines is 2. The molecule has 3 rings (SSSR count). The Labute approximate surface area is 118 Å². The number of aromatic nitrogens is 3. The van der Waals surface area contributed by atoms with E-state index in [1.165, 1.54) is 0 Å². The van der Waals surface area contributed by atoms with Crippen LogP contribution in [0.2, 0.25) is 0 Å². The molecule has 0 bridgehead atoms. The maximum absolute atomic E-state index is 5.59. The summed E-state index contributed by atoms with van der Waals surface area (Å²) < 4.78 is 7.58. The molecular weight excluding hydrogens is 254 g/mol. The Morgan fingerprint density at radius 3 is 3.20 bits per heavy atom. The first-order chi connectivity index (χ1) is 9.76. The first kappa shape index (κ1) is 13.2. The van der Waals surface area contributed by atoms with Gasteiger partial charge in [-0.15, -0.1) is 0 Å². The number of hydrogen-bond donors (Lipinski definition) is 2. The maximum Gasteiger partial charge on any atom is 0.180 e. The molecule has 1 aliphatic heterocycles. The molecule has 2 N–H and O–H groups in total. The van der Waals surface area contributed by atoms with E-state index in [1.54, 1.807) is 6.20 Å². The fraction of sp³-hybridized carbons (Fsp3) is 0.571. The zero-order valence-corrected chi connectivity index (χ0v) is 12.0. The third-order valence-electron chi connectivity index (χ3n) is 3.56. The molecule has 20 heavy (non-hydrogen) atoms. The van der Waals surface area contributed by atoms with E-state index >= 15 is 0 Å². The summed E-state index contributed by atoms with van der Waals surface area (Å²) in [6.45, 7) is 5.83. The van der Waals surface area contributed by atoms with Crippen LogP contribution < -0.4 is 10.6 Å². The van der Waals surface area contributed by atoms with Crippen molar-refractivity contribution < 1.29 is 4.74 Å². The highest BCUT2D eigenvalue weighted by atomic mass is 16.5. The third kappa shape index (κ3) is 2.70. The van der Waals surface area contributed by atoms with Crippen molar-refractivity contribution in [3.8, 4) is 0 Å². The molecule has 1 saturated heterocycles. The Balaban J connectivity index is 1.86. The number of nitrogens with zero attached hydrogens (tertiary/aromatic N) is 3. The van der Waals surface area contributed by atoms with Crippen LogP contribution in [0.3, 0.4) is 0 Å². The first-order valence-corrected chi connectivity index (χ1v) is 7.22. The van der Waals surface area contributed by atoms with E-state index in [0.29, 0.717) is 12.1 Å². The van der Waals surface area contributed by atoms with Crippen molar-refractivity contribution in [2.75, 3.05) is 23.8 Å². The molecule has 0 aromatic carbocycles. The maximum atomic E-state index is 5.59. The van der Waals surface area contributed by atoms with Crippen molar-refractivity contribution in [3.05, 3.63) is 18.6 Å². The van der Waals surface area contributed by atoms with E-state index in [0.717, 1.165) is 43.3 Å². The van der Waals surface area contributed by atoms with Crippen LogP contribution in [0.25, 0.3) is 5.65 Å². The fourth-order valence-corrected chi connectivity index (χ4v) is 2.62. The summed E-state index contributed by atoms with van der Waals surface area (Å²) in [6.07, 6.45) is 8.00. The van der Waals surface area contributed by atoms with E-state index in [4.69, 9.17) is 4.74 Å². The van der Waals surface area contributed by atoms with Gasteiger partial charge in [0.1, 0.15) is 5.82 Å². The van der Waals surface area contributed by atoms with Gasteiger partial charge < -0.3 is 19.8 Å². The summed E-state index contributed by atoms with van der Waals surface area (Å²) in [5.41, 5.74) is 0.866. The van der Waals surface area contributed by atoms with Gasteiger partial charge in [-0.25, -0.2) is 9.97 Å². The fourth-order valence-electron chi connectivity index (χ4n) is 2.62. The Morgan fingerprint density at radius 2 is 2.40 bits per heavy atom. The Bertz CT molecular complexity index is 582. The summed E-state index contributed by atoms with van der Waals surface area (Å²) in [4.78, 5) is 9.02. The molecule has 0 amide bonds.